The smallest absolute Gasteiger partial charge is 0.407 e. The molecule has 0 bridgehead atoms. The van der Waals surface area contributed by atoms with Crippen LogP contribution in [0.3, 0.4) is 0 Å². The molecular formula is C18H24N6O4S. The van der Waals surface area contributed by atoms with Gasteiger partial charge in [0.05, 0.1) is 11.4 Å². The molecule has 1 amide bonds. The number of fused-ring (bicyclic) bond motifs is 1. The fraction of sp³-hybridized carbons (Fsp3) is 0.500. The lowest BCUT2D eigenvalue weighted by molar-refractivity contribution is 0.0981. The number of rotatable bonds is 5. The molecule has 2 atom stereocenters. The molecule has 0 radical (unpaired) electrons. The van der Waals surface area contributed by atoms with Gasteiger partial charge in [0, 0.05) is 41.5 Å². The lowest BCUT2D eigenvalue weighted by atomic mass is 10.0. The van der Waals surface area contributed by atoms with Crippen molar-refractivity contribution < 1.29 is 17.9 Å². The monoisotopic (exact) mass is 420 g/mol. The fourth-order valence-corrected chi connectivity index (χ4v) is 4.90. The number of aromatic amines is 1. The Balaban J connectivity index is 1.36. The van der Waals surface area contributed by atoms with Gasteiger partial charge in [-0.2, -0.15) is 5.10 Å². The van der Waals surface area contributed by atoms with E-state index in [0.29, 0.717) is 22.9 Å². The van der Waals surface area contributed by atoms with Crippen LogP contribution in [0.15, 0.2) is 18.3 Å². The number of carbonyl (C=O) groups is 1. The third kappa shape index (κ3) is 4.61. The molecule has 4 rings (SSSR count). The van der Waals surface area contributed by atoms with E-state index >= 15 is 0 Å². The third-order valence-electron chi connectivity index (χ3n) is 4.96. The van der Waals surface area contributed by atoms with Crippen LogP contribution in [0.5, 0.6) is 0 Å². The largest absolute Gasteiger partial charge is 0.446 e. The molecule has 2 aliphatic rings. The van der Waals surface area contributed by atoms with Gasteiger partial charge in [-0.3, -0.25) is 9.82 Å². The minimum atomic E-state index is -3.30. The van der Waals surface area contributed by atoms with Gasteiger partial charge >= 0.3 is 6.09 Å². The summed E-state index contributed by atoms with van der Waals surface area (Å²) >= 11 is 0. The van der Waals surface area contributed by atoms with Crippen LogP contribution in [0.2, 0.25) is 0 Å². The maximum atomic E-state index is 11.8. The van der Waals surface area contributed by atoms with Crippen molar-refractivity contribution in [2.24, 2.45) is 0 Å². The first-order valence-corrected chi connectivity index (χ1v) is 11.2. The number of alkyl carbamates (subject to hydrolysis) is 1. The zero-order valence-electron chi connectivity index (χ0n) is 16.2. The highest BCUT2D eigenvalue weighted by Gasteiger charge is 2.30. The molecule has 1 fully saturated rings. The number of hydrogen-bond donors (Lipinski definition) is 4. The molecule has 10 nitrogen and oxygen atoms in total. The number of nitrogens with zero attached hydrogens (tertiary/aromatic N) is 2. The average Bonchev–Trinajstić information content (AvgIpc) is 3.31. The molecule has 1 saturated carbocycles. The molecule has 0 spiro atoms. The number of pyridine rings is 1. The lowest BCUT2D eigenvalue weighted by Crippen LogP contribution is -2.33. The highest BCUT2D eigenvalue weighted by Crippen LogP contribution is 2.36. The second kappa shape index (κ2) is 7.54. The van der Waals surface area contributed by atoms with E-state index in [1.807, 2.05) is 19.9 Å². The molecule has 11 heteroatoms. The molecule has 4 N–H and O–H groups in total. The molecule has 2 aromatic rings. The van der Waals surface area contributed by atoms with Crippen molar-refractivity contribution in [1.82, 2.24) is 20.5 Å². The van der Waals surface area contributed by atoms with Gasteiger partial charge in [-0.1, -0.05) is 0 Å². The summed E-state index contributed by atoms with van der Waals surface area (Å²) in [5.74, 6) is 1.27. The Morgan fingerprint density at radius 2 is 2.10 bits per heavy atom. The van der Waals surface area contributed by atoms with Crippen molar-refractivity contribution in [3.05, 3.63) is 29.6 Å². The molecule has 29 heavy (non-hydrogen) atoms. The van der Waals surface area contributed by atoms with Crippen molar-refractivity contribution in [3.8, 4) is 0 Å². The standard InChI is InChI=1S/C18H24N6O4S/c1-10(2)20-18(25)28-13-4-3-11(5-13)14-6-17(23-22-14)21-16-7-15-12(8-19-16)9-29(26,27)24-15/h6-8,10-11,13,24H,3-5,9H2,1-2H3,(H,20,25)(H2,19,21,22,23)/t11-,13+/m0/s1. The second-order valence-electron chi connectivity index (χ2n) is 7.76. The van der Waals surface area contributed by atoms with Crippen molar-refractivity contribution in [1.29, 1.82) is 0 Å². The van der Waals surface area contributed by atoms with Gasteiger partial charge in [-0.25, -0.2) is 18.2 Å². The molecule has 0 aromatic carbocycles. The Hall–Kier alpha value is -2.82. The number of ether oxygens (including phenoxy) is 1. The van der Waals surface area contributed by atoms with E-state index in [9.17, 15) is 13.2 Å². The highest BCUT2D eigenvalue weighted by molar-refractivity contribution is 7.92. The van der Waals surface area contributed by atoms with Gasteiger partial charge in [0.2, 0.25) is 10.0 Å². The van der Waals surface area contributed by atoms with Crippen LogP contribution >= 0.6 is 0 Å². The van der Waals surface area contributed by atoms with E-state index in [2.05, 4.69) is 30.5 Å². The molecular weight excluding hydrogens is 396 g/mol. The van der Waals surface area contributed by atoms with Gasteiger partial charge in [0.25, 0.3) is 0 Å². The molecule has 2 aromatic heterocycles. The summed E-state index contributed by atoms with van der Waals surface area (Å²) in [6, 6.07) is 3.60. The predicted molar refractivity (Wildman–Crippen MR) is 107 cm³/mol. The highest BCUT2D eigenvalue weighted by atomic mass is 32.2. The molecule has 0 unspecified atom stereocenters. The summed E-state index contributed by atoms with van der Waals surface area (Å²) in [7, 11) is -3.30. The maximum absolute atomic E-state index is 11.8. The van der Waals surface area contributed by atoms with E-state index in [0.717, 1.165) is 25.0 Å². The van der Waals surface area contributed by atoms with Crippen LogP contribution in [-0.4, -0.2) is 41.8 Å². The minimum Gasteiger partial charge on any atom is -0.446 e. The maximum Gasteiger partial charge on any atom is 0.407 e. The zero-order valence-corrected chi connectivity index (χ0v) is 17.0. The quantitative estimate of drug-likeness (QED) is 0.583. The summed E-state index contributed by atoms with van der Waals surface area (Å²) in [4.78, 5) is 16.0. The summed E-state index contributed by atoms with van der Waals surface area (Å²) in [6.45, 7) is 3.78. The molecule has 0 saturated heterocycles. The van der Waals surface area contributed by atoms with E-state index in [1.54, 1.807) is 12.3 Å². The van der Waals surface area contributed by atoms with Gasteiger partial charge in [0.1, 0.15) is 11.9 Å². The topological polar surface area (TPSA) is 138 Å². The van der Waals surface area contributed by atoms with Crippen LogP contribution in [-0.2, 0) is 20.5 Å². The molecule has 156 valence electrons. The van der Waals surface area contributed by atoms with Crippen molar-refractivity contribution >= 4 is 33.4 Å². The number of amides is 1. The van der Waals surface area contributed by atoms with Crippen molar-refractivity contribution in [3.63, 3.8) is 0 Å². The number of nitrogens with one attached hydrogen (secondary N) is 4. The first kappa shape index (κ1) is 19.5. The van der Waals surface area contributed by atoms with Crippen LogP contribution in [0.25, 0.3) is 0 Å². The van der Waals surface area contributed by atoms with Gasteiger partial charge in [-0.05, 0) is 33.1 Å². The summed E-state index contributed by atoms with van der Waals surface area (Å²) in [5, 5.41) is 13.1. The average molecular weight is 420 g/mol. The van der Waals surface area contributed by atoms with Crippen LogP contribution in [0.1, 0.15) is 50.3 Å². The summed E-state index contributed by atoms with van der Waals surface area (Å²) < 4.78 is 31.3. The first-order valence-electron chi connectivity index (χ1n) is 9.56. The third-order valence-corrected chi connectivity index (χ3v) is 6.18. The van der Waals surface area contributed by atoms with Crippen LogP contribution in [0.4, 0.5) is 22.1 Å². The molecule has 3 heterocycles. The fourth-order valence-electron chi connectivity index (χ4n) is 3.66. The second-order valence-corrected chi connectivity index (χ2v) is 9.48. The lowest BCUT2D eigenvalue weighted by Gasteiger charge is -2.14. The van der Waals surface area contributed by atoms with E-state index in [-0.39, 0.29) is 29.9 Å². The number of aromatic nitrogens is 3. The Morgan fingerprint density at radius 1 is 1.28 bits per heavy atom. The van der Waals surface area contributed by atoms with E-state index in [4.69, 9.17) is 4.74 Å². The minimum absolute atomic E-state index is 0.0454. The van der Waals surface area contributed by atoms with Crippen LogP contribution in [0, 0.1) is 0 Å². The van der Waals surface area contributed by atoms with Gasteiger partial charge in [0.15, 0.2) is 5.82 Å². The SMILES string of the molecule is CC(C)NC(=O)O[C@@H]1CC[C@H](c2cc(Nc3cc4c(cn3)CS(=O)(=O)N4)n[nH]2)C1. The Morgan fingerprint density at radius 3 is 2.90 bits per heavy atom. The number of hydrogen-bond acceptors (Lipinski definition) is 7. The number of carbonyl (C=O) groups excluding carboxylic acids is 1. The van der Waals surface area contributed by atoms with E-state index < -0.39 is 10.0 Å². The number of anilines is 3. The van der Waals surface area contributed by atoms with Crippen LogP contribution < -0.4 is 15.4 Å². The Kier molecular flexibility index (Phi) is 5.07. The first-order chi connectivity index (χ1) is 13.8. The van der Waals surface area contributed by atoms with E-state index in [1.165, 1.54) is 0 Å². The van der Waals surface area contributed by atoms with Crippen molar-refractivity contribution in [2.75, 3.05) is 10.0 Å². The van der Waals surface area contributed by atoms with Gasteiger partial charge in [-0.15, -0.1) is 0 Å². The summed E-state index contributed by atoms with van der Waals surface area (Å²) in [5.41, 5.74) is 2.15. The molecule has 1 aliphatic heterocycles. The predicted octanol–water partition coefficient (Wildman–Crippen LogP) is 2.57. The number of sulfonamides is 1. The van der Waals surface area contributed by atoms with Gasteiger partial charge < -0.3 is 15.4 Å². The number of H-pyrrole nitrogens is 1. The Labute approximate surface area is 168 Å². The molecule has 1 aliphatic carbocycles. The zero-order chi connectivity index (χ0) is 20.6. The normalized spacial score (nSPS) is 22.2. The summed E-state index contributed by atoms with van der Waals surface area (Å²) in [6.07, 6.45) is 3.52. The Bertz CT molecular complexity index is 1020. The van der Waals surface area contributed by atoms with Crippen molar-refractivity contribution in [2.45, 2.75) is 56.9 Å².